The first-order valence-electron chi connectivity index (χ1n) is 4.76. The Bertz CT molecular complexity index is 260. The molecule has 3 heteroatoms. The predicted octanol–water partition coefficient (Wildman–Crippen LogP) is 1.85. The van der Waals surface area contributed by atoms with Crippen LogP contribution in [0.1, 0.15) is 37.7 Å². The second kappa shape index (κ2) is 4.92. The van der Waals surface area contributed by atoms with Crippen LogP contribution in [0.4, 0.5) is 0 Å². The molecule has 0 spiro atoms. The highest BCUT2D eigenvalue weighted by molar-refractivity contribution is 5.12. The van der Waals surface area contributed by atoms with Crippen molar-refractivity contribution < 1.29 is 0 Å². The molecule has 0 saturated carbocycles. The van der Waals surface area contributed by atoms with E-state index in [1.54, 1.807) is 12.4 Å². The summed E-state index contributed by atoms with van der Waals surface area (Å²) in [5.74, 6) is 0. The molecule has 1 aromatic rings. The lowest BCUT2D eigenvalue weighted by molar-refractivity contribution is 0.553. The van der Waals surface area contributed by atoms with Gasteiger partial charge < -0.3 is 5.32 Å². The molecule has 0 aliphatic heterocycles. The molecule has 0 fully saturated rings. The number of nitrogens with zero attached hydrogens (tertiary/aromatic N) is 2. The fourth-order valence-electron chi connectivity index (χ4n) is 1.30. The molecule has 0 aromatic carbocycles. The number of aryl methyl sites for hydroxylation is 1. The van der Waals surface area contributed by atoms with E-state index in [1.807, 2.05) is 6.92 Å². The Hall–Kier alpha value is -0.960. The molecule has 0 saturated heterocycles. The topological polar surface area (TPSA) is 37.8 Å². The summed E-state index contributed by atoms with van der Waals surface area (Å²) in [7, 11) is 0. The van der Waals surface area contributed by atoms with Crippen molar-refractivity contribution in [3.8, 4) is 0 Å². The molecule has 1 rings (SSSR count). The molecule has 0 amide bonds. The molecule has 72 valence electrons. The summed E-state index contributed by atoms with van der Waals surface area (Å²) >= 11 is 0. The highest BCUT2D eigenvalue weighted by atomic mass is 14.9. The van der Waals surface area contributed by atoms with E-state index < -0.39 is 0 Å². The van der Waals surface area contributed by atoms with Gasteiger partial charge in [-0.15, -0.1) is 0 Å². The van der Waals surface area contributed by atoms with Gasteiger partial charge in [0.15, 0.2) is 0 Å². The van der Waals surface area contributed by atoms with E-state index in [4.69, 9.17) is 0 Å². The fourth-order valence-corrected chi connectivity index (χ4v) is 1.30. The van der Waals surface area contributed by atoms with Crippen molar-refractivity contribution >= 4 is 0 Å². The number of nitrogens with one attached hydrogen (secondary N) is 1. The maximum atomic E-state index is 4.31. The molecule has 3 nitrogen and oxygen atoms in total. The molecule has 0 radical (unpaired) electrons. The van der Waals surface area contributed by atoms with Crippen molar-refractivity contribution in [3.05, 3.63) is 23.8 Å². The van der Waals surface area contributed by atoms with E-state index in [-0.39, 0.29) is 0 Å². The van der Waals surface area contributed by atoms with Gasteiger partial charge in [-0.3, -0.25) is 9.97 Å². The molecule has 13 heavy (non-hydrogen) atoms. The van der Waals surface area contributed by atoms with E-state index in [2.05, 4.69) is 29.1 Å². The first kappa shape index (κ1) is 10.1. The van der Waals surface area contributed by atoms with Gasteiger partial charge in [0.2, 0.25) is 0 Å². The Balaban J connectivity index is 2.65. The Morgan fingerprint density at radius 1 is 1.38 bits per heavy atom. The van der Waals surface area contributed by atoms with Gasteiger partial charge in [0.05, 0.1) is 11.4 Å². The lowest BCUT2D eigenvalue weighted by Gasteiger charge is -2.13. The lowest BCUT2D eigenvalue weighted by Crippen LogP contribution is -2.21. The molecular formula is C10H17N3. The average molecular weight is 179 g/mol. The van der Waals surface area contributed by atoms with Crippen molar-refractivity contribution in [1.29, 1.82) is 0 Å². The van der Waals surface area contributed by atoms with Gasteiger partial charge >= 0.3 is 0 Å². The summed E-state index contributed by atoms with van der Waals surface area (Å²) < 4.78 is 0. The van der Waals surface area contributed by atoms with Gasteiger partial charge in [0.1, 0.15) is 0 Å². The van der Waals surface area contributed by atoms with E-state index in [0.717, 1.165) is 24.4 Å². The Morgan fingerprint density at radius 3 is 2.69 bits per heavy atom. The van der Waals surface area contributed by atoms with E-state index >= 15 is 0 Å². The van der Waals surface area contributed by atoms with Crippen LogP contribution in [-0.2, 0) is 0 Å². The molecule has 1 atom stereocenters. The van der Waals surface area contributed by atoms with Crippen LogP contribution in [0.5, 0.6) is 0 Å². The highest BCUT2D eigenvalue weighted by Gasteiger charge is 2.08. The fraction of sp³-hybridized carbons (Fsp3) is 0.600. The van der Waals surface area contributed by atoms with Crippen LogP contribution in [0, 0.1) is 6.92 Å². The Kier molecular flexibility index (Phi) is 3.83. The second-order valence-electron chi connectivity index (χ2n) is 3.20. The Morgan fingerprint density at radius 2 is 2.08 bits per heavy atom. The summed E-state index contributed by atoms with van der Waals surface area (Å²) in [4.78, 5) is 8.51. The van der Waals surface area contributed by atoms with Crippen LogP contribution in [-0.4, -0.2) is 16.5 Å². The highest BCUT2D eigenvalue weighted by Crippen LogP contribution is 2.10. The van der Waals surface area contributed by atoms with Crippen molar-refractivity contribution in [2.75, 3.05) is 6.54 Å². The summed E-state index contributed by atoms with van der Waals surface area (Å²) in [6, 6.07) is 0.300. The Labute approximate surface area is 79.6 Å². The summed E-state index contributed by atoms with van der Waals surface area (Å²) in [6.07, 6.45) is 4.61. The standard InChI is InChI=1S/C10H17N3/c1-4-5-11-8(2)10-9(3)12-6-7-13-10/h6-8,11H,4-5H2,1-3H3. The third-order valence-corrected chi connectivity index (χ3v) is 2.03. The minimum absolute atomic E-state index is 0.300. The molecule has 1 N–H and O–H groups in total. The van der Waals surface area contributed by atoms with Crippen molar-refractivity contribution in [2.24, 2.45) is 0 Å². The SMILES string of the molecule is CCCNC(C)c1nccnc1C. The molecule has 0 aliphatic carbocycles. The smallest absolute Gasteiger partial charge is 0.0782 e. The largest absolute Gasteiger partial charge is 0.309 e. The predicted molar refractivity (Wildman–Crippen MR) is 53.5 cm³/mol. The molecule has 1 unspecified atom stereocenters. The van der Waals surface area contributed by atoms with Gasteiger partial charge in [0, 0.05) is 18.4 Å². The number of hydrogen-bond acceptors (Lipinski definition) is 3. The average Bonchev–Trinajstić information content (AvgIpc) is 2.15. The monoisotopic (exact) mass is 179 g/mol. The van der Waals surface area contributed by atoms with Crippen molar-refractivity contribution in [3.63, 3.8) is 0 Å². The molecule has 1 aromatic heterocycles. The third kappa shape index (κ3) is 2.77. The molecule has 0 aliphatic rings. The van der Waals surface area contributed by atoms with Crippen LogP contribution >= 0.6 is 0 Å². The second-order valence-corrected chi connectivity index (χ2v) is 3.20. The van der Waals surface area contributed by atoms with Gasteiger partial charge in [0.25, 0.3) is 0 Å². The minimum atomic E-state index is 0.300. The maximum Gasteiger partial charge on any atom is 0.0782 e. The number of hydrogen-bond donors (Lipinski definition) is 1. The van der Waals surface area contributed by atoms with Crippen LogP contribution in [0.3, 0.4) is 0 Å². The van der Waals surface area contributed by atoms with Gasteiger partial charge in [-0.25, -0.2) is 0 Å². The number of rotatable bonds is 4. The zero-order valence-electron chi connectivity index (χ0n) is 8.54. The van der Waals surface area contributed by atoms with E-state index in [9.17, 15) is 0 Å². The van der Waals surface area contributed by atoms with Crippen LogP contribution in [0.15, 0.2) is 12.4 Å². The molecule has 1 heterocycles. The summed E-state index contributed by atoms with van der Waals surface area (Å²) in [6.45, 7) is 7.29. The first-order chi connectivity index (χ1) is 6.25. The van der Waals surface area contributed by atoms with Crippen LogP contribution in [0.2, 0.25) is 0 Å². The summed E-state index contributed by atoms with van der Waals surface area (Å²) in [5.41, 5.74) is 2.06. The normalized spacial score (nSPS) is 12.8. The number of aromatic nitrogens is 2. The third-order valence-electron chi connectivity index (χ3n) is 2.03. The zero-order valence-corrected chi connectivity index (χ0v) is 8.54. The first-order valence-corrected chi connectivity index (χ1v) is 4.76. The van der Waals surface area contributed by atoms with E-state index in [0.29, 0.717) is 6.04 Å². The van der Waals surface area contributed by atoms with Gasteiger partial charge in [-0.05, 0) is 26.8 Å². The lowest BCUT2D eigenvalue weighted by atomic mass is 10.2. The van der Waals surface area contributed by atoms with Crippen molar-refractivity contribution in [1.82, 2.24) is 15.3 Å². The maximum absolute atomic E-state index is 4.31. The van der Waals surface area contributed by atoms with Gasteiger partial charge in [-0.2, -0.15) is 0 Å². The molecule has 0 bridgehead atoms. The summed E-state index contributed by atoms with van der Waals surface area (Å²) in [5, 5.41) is 3.39. The van der Waals surface area contributed by atoms with Crippen LogP contribution in [0.25, 0.3) is 0 Å². The minimum Gasteiger partial charge on any atom is -0.309 e. The zero-order chi connectivity index (χ0) is 9.68. The van der Waals surface area contributed by atoms with Crippen LogP contribution < -0.4 is 5.32 Å². The quantitative estimate of drug-likeness (QED) is 0.766. The molecular weight excluding hydrogens is 162 g/mol. The van der Waals surface area contributed by atoms with E-state index in [1.165, 1.54) is 0 Å². The van der Waals surface area contributed by atoms with Gasteiger partial charge in [-0.1, -0.05) is 6.92 Å². The van der Waals surface area contributed by atoms with Crippen molar-refractivity contribution in [2.45, 2.75) is 33.2 Å².